The van der Waals surface area contributed by atoms with Crippen LogP contribution in [0.2, 0.25) is 0 Å². The Morgan fingerprint density at radius 2 is 2.26 bits per heavy atom. The van der Waals surface area contributed by atoms with Crippen LogP contribution in [0.15, 0.2) is 12.4 Å². The summed E-state index contributed by atoms with van der Waals surface area (Å²) in [5.41, 5.74) is 6.30. The van der Waals surface area contributed by atoms with Crippen molar-refractivity contribution in [2.24, 2.45) is 12.8 Å². The van der Waals surface area contributed by atoms with E-state index in [1.807, 2.05) is 7.05 Å². The summed E-state index contributed by atoms with van der Waals surface area (Å²) < 4.78 is 7.24. The van der Waals surface area contributed by atoms with Crippen LogP contribution in [0.25, 0.3) is 0 Å². The first-order valence-electron chi connectivity index (χ1n) is 5.73. The van der Waals surface area contributed by atoms with Gasteiger partial charge in [0.15, 0.2) is 0 Å². The first kappa shape index (κ1) is 18.2. The van der Waals surface area contributed by atoms with E-state index >= 15 is 0 Å². The van der Waals surface area contributed by atoms with Crippen molar-refractivity contribution < 1.29 is 9.53 Å². The molecule has 0 bridgehead atoms. The van der Waals surface area contributed by atoms with Crippen LogP contribution in [0.5, 0.6) is 0 Å². The van der Waals surface area contributed by atoms with Gasteiger partial charge in [0.25, 0.3) is 5.91 Å². The maximum absolute atomic E-state index is 12.1. The number of hydrogen-bond acceptors (Lipinski definition) is 4. The number of halogens is 2. The maximum atomic E-state index is 12.1. The van der Waals surface area contributed by atoms with E-state index < -0.39 is 0 Å². The molecule has 0 spiro atoms. The highest BCUT2D eigenvalue weighted by Crippen LogP contribution is 2.22. The molecule has 0 radical (unpaired) electrons. The second kappa shape index (κ2) is 7.69. The van der Waals surface area contributed by atoms with Crippen molar-refractivity contribution in [2.75, 3.05) is 18.5 Å². The number of aromatic nitrogens is 2. The third-order valence-corrected chi connectivity index (χ3v) is 3.06. The Labute approximate surface area is 125 Å². The maximum Gasteiger partial charge on any atom is 0.255 e. The first-order chi connectivity index (χ1) is 8.11. The number of carbonyl (C=O) groups is 1. The average molecular weight is 311 g/mol. The van der Waals surface area contributed by atoms with Gasteiger partial charge in [-0.25, -0.2) is 0 Å². The summed E-state index contributed by atoms with van der Waals surface area (Å²) in [5.74, 6) is -0.0334. The van der Waals surface area contributed by atoms with Crippen molar-refractivity contribution in [3.05, 3.63) is 12.4 Å². The summed E-state index contributed by atoms with van der Waals surface area (Å²) >= 11 is 0. The Balaban J connectivity index is 0.00000162. The lowest BCUT2D eigenvalue weighted by molar-refractivity contribution is -0.128. The van der Waals surface area contributed by atoms with E-state index in [1.165, 1.54) is 0 Å². The Hall–Kier alpha value is -0.820. The van der Waals surface area contributed by atoms with Gasteiger partial charge < -0.3 is 15.4 Å². The molecule has 0 unspecified atom stereocenters. The molecular formula is C11H20Cl2N4O2. The summed E-state index contributed by atoms with van der Waals surface area (Å²) in [6.07, 6.45) is 4.71. The smallest absolute Gasteiger partial charge is 0.255 e. The van der Waals surface area contributed by atoms with Crippen LogP contribution in [-0.2, 0) is 16.6 Å². The normalized spacial score (nSPS) is 21.4. The quantitative estimate of drug-likeness (QED) is 0.893. The SMILES string of the molecule is CN(C(=O)[C@@H]1CC[C@H](CN)O1)c1cnn(C)c1.Cl.Cl. The highest BCUT2D eigenvalue weighted by Gasteiger charge is 2.32. The molecule has 110 valence electrons. The number of anilines is 1. The number of nitrogens with zero attached hydrogens (tertiary/aromatic N) is 3. The van der Waals surface area contributed by atoms with Gasteiger partial charge >= 0.3 is 0 Å². The fourth-order valence-corrected chi connectivity index (χ4v) is 1.99. The van der Waals surface area contributed by atoms with Crippen molar-refractivity contribution in [3.8, 4) is 0 Å². The molecule has 1 aromatic rings. The number of ether oxygens (including phenoxy) is 1. The minimum absolute atomic E-state index is 0. The molecular weight excluding hydrogens is 291 g/mol. The van der Waals surface area contributed by atoms with Crippen molar-refractivity contribution in [1.82, 2.24) is 9.78 Å². The number of likely N-dealkylation sites (N-methyl/N-ethyl adjacent to an activating group) is 1. The first-order valence-corrected chi connectivity index (χ1v) is 5.73. The van der Waals surface area contributed by atoms with Gasteiger partial charge in [-0.2, -0.15) is 5.10 Å². The van der Waals surface area contributed by atoms with E-state index in [0.717, 1.165) is 18.5 Å². The van der Waals surface area contributed by atoms with Crippen molar-refractivity contribution in [1.29, 1.82) is 0 Å². The molecule has 0 aromatic carbocycles. The molecule has 2 rings (SSSR count). The van der Waals surface area contributed by atoms with Gasteiger partial charge in [-0.3, -0.25) is 9.48 Å². The van der Waals surface area contributed by atoms with Gasteiger partial charge in [0.1, 0.15) is 6.10 Å². The molecule has 1 saturated heterocycles. The zero-order chi connectivity index (χ0) is 12.4. The van der Waals surface area contributed by atoms with Crippen LogP contribution in [0.3, 0.4) is 0 Å². The monoisotopic (exact) mass is 310 g/mol. The van der Waals surface area contributed by atoms with Crippen molar-refractivity contribution >= 4 is 36.4 Å². The fraction of sp³-hybridized carbons (Fsp3) is 0.636. The lowest BCUT2D eigenvalue weighted by Gasteiger charge is -2.19. The number of hydrogen-bond donors (Lipinski definition) is 1. The summed E-state index contributed by atoms with van der Waals surface area (Å²) in [5, 5.41) is 4.04. The minimum atomic E-state index is -0.367. The van der Waals surface area contributed by atoms with Gasteiger partial charge in [-0.05, 0) is 12.8 Å². The standard InChI is InChI=1S/C11H18N4O2.2ClH/c1-14-7-8(6-13-14)15(2)11(16)10-4-3-9(5-12)17-10;;/h6-7,9-10H,3-5,12H2,1-2H3;2*1H/t9-,10+;;/m1../s1. The van der Waals surface area contributed by atoms with E-state index in [9.17, 15) is 4.79 Å². The second-order valence-corrected chi connectivity index (χ2v) is 4.33. The molecule has 8 heteroatoms. The zero-order valence-electron chi connectivity index (χ0n) is 11.0. The van der Waals surface area contributed by atoms with E-state index in [4.69, 9.17) is 10.5 Å². The highest BCUT2D eigenvalue weighted by atomic mass is 35.5. The van der Waals surface area contributed by atoms with Crippen LogP contribution in [0.4, 0.5) is 5.69 Å². The van der Waals surface area contributed by atoms with Gasteiger partial charge in [-0.1, -0.05) is 0 Å². The van der Waals surface area contributed by atoms with Gasteiger partial charge in [-0.15, -0.1) is 24.8 Å². The van der Waals surface area contributed by atoms with Crippen LogP contribution in [0, 0.1) is 0 Å². The number of amides is 1. The van der Waals surface area contributed by atoms with Crippen LogP contribution < -0.4 is 10.6 Å². The molecule has 0 saturated carbocycles. The summed E-state index contributed by atoms with van der Waals surface area (Å²) in [4.78, 5) is 13.7. The van der Waals surface area contributed by atoms with E-state index in [1.54, 1.807) is 29.0 Å². The molecule has 1 aromatic heterocycles. The molecule has 2 N–H and O–H groups in total. The number of carbonyl (C=O) groups excluding carboxylic acids is 1. The molecule has 6 nitrogen and oxygen atoms in total. The van der Waals surface area contributed by atoms with Crippen molar-refractivity contribution in [3.63, 3.8) is 0 Å². The lowest BCUT2D eigenvalue weighted by Crippen LogP contribution is -2.37. The van der Waals surface area contributed by atoms with Gasteiger partial charge in [0.05, 0.1) is 18.0 Å². The Morgan fingerprint density at radius 1 is 1.58 bits per heavy atom. The molecule has 1 amide bonds. The lowest BCUT2D eigenvalue weighted by atomic mass is 10.2. The molecule has 0 aliphatic carbocycles. The molecule has 19 heavy (non-hydrogen) atoms. The Kier molecular flexibility index (Phi) is 7.36. The predicted molar refractivity (Wildman–Crippen MR) is 78.1 cm³/mol. The molecule has 1 aliphatic heterocycles. The van der Waals surface area contributed by atoms with Crippen LogP contribution in [-0.4, -0.2) is 41.5 Å². The summed E-state index contributed by atoms with van der Waals surface area (Å²) in [7, 11) is 3.55. The van der Waals surface area contributed by atoms with E-state index in [2.05, 4.69) is 5.10 Å². The third kappa shape index (κ3) is 4.07. The Morgan fingerprint density at radius 3 is 2.74 bits per heavy atom. The molecule has 2 atom stereocenters. The number of rotatable bonds is 3. The third-order valence-electron chi connectivity index (χ3n) is 3.06. The topological polar surface area (TPSA) is 73.4 Å². The molecule has 1 aliphatic rings. The second-order valence-electron chi connectivity index (χ2n) is 4.33. The van der Waals surface area contributed by atoms with Crippen LogP contribution in [0.1, 0.15) is 12.8 Å². The van der Waals surface area contributed by atoms with Gasteiger partial charge in [0.2, 0.25) is 0 Å². The molecule has 1 fully saturated rings. The Bertz CT molecular complexity index is 413. The number of nitrogens with two attached hydrogens (primary N) is 1. The van der Waals surface area contributed by atoms with E-state index in [0.29, 0.717) is 6.54 Å². The van der Waals surface area contributed by atoms with E-state index in [-0.39, 0.29) is 42.9 Å². The highest BCUT2D eigenvalue weighted by molar-refractivity contribution is 5.96. The number of aryl methyl sites for hydroxylation is 1. The summed E-state index contributed by atoms with van der Waals surface area (Å²) in [6.45, 7) is 0.473. The van der Waals surface area contributed by atoms with Crippen LogP contribution >= 0.6 is 24.8 Å². The predicted octanol–water partition coefficient (Wildman–Crippen LogP) is 0.733. The minimum Gasteiger partial charge on any atom is -0.364 e. The average Bonchev–Trinajstić information content (AvgIpc) is 2.95. The van der Waals surface area contributed by atoms with Gasteiger partial charge in [0, 0.05) is 26.8 Å². The summed E-state index contributed by atoms with van der Waals surface area (Å²) in [6, 6.07) is 0. The largest absolute Gasteiger partial charge is 0.364 e. The molecule has 2 heterocycles. The fourth-order valence-electron chi connectivity index (χ4n) is 1.99. The van der Waals surface area contributed by atoms with Crippen molar-refractivity contribution in [2.45, 2.75) is 25.0 Å². The zero-order valence-corrected chi connectivity index (χ0v) is 12.6.